The topological polar surface area (TPSA) is 37.8 Å². The molecule has 0 bridgehead atoms. The summed E-state index contributed by atoms with van der Waals surface area (Å²) in [6, 6.07) is 0.672. The maximum absolute atomic E-state index is 4.26. The van der Waals surface area contributed by atoms with Gasteiger partial charge in [0.05, 0.1) is 5.69 Å². The van der Waals surface area contributed by atoms with Crippen LogP contribution in [0.25, 0.3) is 0 Å². The molecule has 0 spiro atoms. The van der Waals surface area contributed by atoms with Crippen molar-refractivity contribution in [3.8, 4) is 0 Å². The van der Waals surface area contributed by atoms with Gasteiger partial charge >= 0.3 is 0 Å². The lowest BCUT2D eigenvalue weighted by atomic mass is 10.2. The highest BCUT2D eigenvalue weighted by atomic mass is 32.2. The second-order valence-corrected chi connectivity index (χ2v) is 5.74. The lowest BCUT2D eigenvalue weighted by molar-refractivity contribution is 0.519. The van der Waals surface area contributed by atoms with E-state index >= 15 is 0 Å². The first-order valence-corrected chi connectivity index (χ1v) is 7.03. The second kappa shape index (κ2) is 6.21. The summed E-state index contributed by atoms with van der Waals surface area (Å²) in [5.74, 6) is 1.24. The molecule has 0 amide bonds. The molecular weight excluding hydrogens is 218 g/mol. The van der Waals surface area contributed by atoms with Crippen LogP contribution in [0.15, 0.2) is 18.6 Å². The molecule has 1 N–H and O–H groups in total. The lowest BCUT2D eigenvalue weighted by Gasteiger charge is -2.12. The summed E-state index contributed by atoms with van der Waals surface area (Å²) in [5.41, 5.74) is 1.04. The second-order valence-electron chi connectivity index (χ2n) is 4.16. The Morgan fingerprint density at radius 1 is 1.44 bits per heavy atom. The van der Waals surface area contributed by atoms with Crippen LogP contribution >= 0.6 is 11.8 Å². The Hall–Kier alpha value is -0.610. The summed E-state index contributed by atoms with van der Waals surface area (Å²) >= 11 is 2.10. The van der Waals surface area contributed by atoms with E-state index in [0.29, 0.717) is 6.04 Å². The molecule has 2 unspecified atom stereocenters. The van der Waals surface area contributed by atoms with E-state index < -0.39 is 0 Å². The van der Waals surface area contributed by atoms with Crippen molar-refractivity contribution in [1.29, 1.82) is 0 Å². The molecule has 1 saturated carbocycles. The first-order valence-electron chi connectivity index (χ1n) is 5.98. The fraction of sp³-hybridized carbons (Fsp3) is 0.667. The van der Waals surface area contributed by atoms with E-state index in [1.54, 1.807) is 12.4 Å². The molecule has 1 heterocycles. The van der Waals surface area contributed by atoms with Gasteiger partial charge in [-0.1, -0.05) is 6.92 Å². The Labute approximate surface area is 101 Å². The van der Waals surface area contributed by atoms with Gasteiger partial charge in [-0.15, -0.1) is 0 Å². The quantitative estimate of drug-likeness (QED) is 0.852. The van der Waals surface area contributed by atoms with E-state index in [2.05, 4.69) is 34.0 Å². The van der Waals surface area contributed by atoms with Gasteiger partial charge in [0.15, 0.2) is 0 Å². The molecule has 88 valence electrons. The van der Waals surface area contributed by atoms with E-state index in [0.717, 1.165) is 17.5 Å². The largest absolute Gasteiger partial charge is 0.308 e. The Bertz CT molecular complexity index is 304. The zero-order chi connectivity index (χ0) is 11.2. The molecule has 1 aliphatic rings. The number of rotatable bonds is 5. The van der Waals surface area contributed by atoms with Crippen LogP contribution in [0.2, 0.25) is 0 Å². The predicted octanol–water partition coefficient (Wildman–Crippen LogP) is 2.24. The van der Waals surface area contributed by atoms with Crippen LogP contribution in [0.1, 0.15) is 31.9 Å². The molecule has 1 aromatic heterocycles. The van der Waals surface area contributed by atoms with Gasteiger partial charge in [0.1, 0.15) is 0 Å². The molecule has 2 rings (SSSR count). The van der Waals surface area contributed by atoms with Crippen molar-refractivity contribution in [3.05, 3.63) is 24.3 Å². The minimum Gasteiger partial charge on any atom is -0.308 e. The van der Waals surface area contributed by atoms with Crippen LogP contribution in [0.5, 0.6) is 0 Å². The van der Waals surface area contributed by atoms with Crippen molar-refractivity contribution in [3.63, 3.8) is 0 Å². The molecule has 16 heavy (non-hydrogen) atoms. The highest BCUT2D eigenvalue weighted by Gasteiger charge is 2.23. The molecule has 1 aromatic rings. The van der Waals surface area contributed by atoms with Crippen LogP contribution in [-0.2, 0) is 6.54 Å². The highest BCUT2D eigenvalue weighted by molar-refractivity contribution is 7.99. The fourth-order valence-corrected chi connectivity index (χ4v) is 3.33. The maximum Gasteiger partial charge on any atom is 0.0724 e. The Balaban J connectivity index is 1.72. The standard InChI is InChI=1S/C12H19N3S/c1-2-16-12-4-3-10(7-12)15-9-11-8-13-5-6-14-11/h5-6,8,10,12,15H,2-4,7,9H2,1H3. The lowest BCUT2D eigenvalue weighted by Crippen LogP contribution is -2.26. The van der Waals surface area contributed by atoms with E-state index in [1.807, 2.05) is 6.20 Å². The third kappa shape index (κ3) is 3.46. The minimum absolute atomic E-state index is 0.672. The molecule has 0 aromatic carbocycles. The summed E-state index contributed by atoms with van der Waals surface area (Å²) in [4.78, 5) is 8.33. The first kappa shape index (κ1) is 11.9. The molecule has 3 nitrogen and oxygen atoms in total. The van der Waals surface area contributed by atoms with Gasteiger partial charge in [0.2, 0.25) is 0 Å². The van der Waals surface area contributed by atoms with E-state index in [9.17, 15) is 0 Å². The fourth-order valence-electron chi connectivity index (χ4n) is 2.18. The van der Waals surface area contributed by atoms with Crippen molar-refractivity contribution in [2.45, 2.75) is 44.0 Å². The summed E-state index contributed by atoms with van der Waals surface area (Å²) < 4.78 is 0. The minimum atomic E-state index is 0.672. The number of hydrogen-bond donors (Lipinski definition) is 1. The van der Waals surface area contributed by atoms with Gasteiger partial charge in [-0.2, -0.15) is 11.8 Å². The summed E-state index contributed by atoms with van der Waals surface area (Å²) in [7, 11) is 0. The third-order valence-electron chi connectivity index (χ3n) is 2.98. The summed E-state index contributed by atoms with van der Waals surface area (Å²) in [6.45, 7) is 3.09. The van der Waals surface area contributed by atoms with Gasteiger partial charge < -0.3 is 5.32 Å². The molecular formula is C12H19N3S. The first-order chi connectivity index (χ1) is 7.88. The Morgan fingerprint density at radius 2 is 2.38 bits per heavy atom. The van der Waals surface area contributed by atoms with Crippen molar-refractivity contribution >= 4 is 11.8 Å². The predicted molar refractivity (Wildman–Crippen MR) is 68.4 cm³/mol. The van der Waals surface area contributed by atoms with E-state index in [1.165, 1.54) is 25.0 Å². The average Bonchev–Trinajstić information content (AvgIpc) is 2.76. The normalized spacial score (nSPS) is 24.8. The van der Waals surface area contributed by atoms with Gasteiger partial charge in [0.25, 0.3) is 0 Å². The van der Waals surface area contributed by atoms with Gasteiger partial charge in [-0.3, -0.25) is 9.97 Å². The van der Waals surface area contributed by atoms with Crippen molar-refractivity contribution in [2.75, 3.05) is 5.75 Å². The monoisotopic (exact) mass is 237 g/mol. The molecule has 0 radical (unpaired) electrons. The number of thioether (sulfide) groups is 1. The number of hydrogen-bond acceptors (Lipinski definition) is 4. The van der Waals surface area contributed by atoms with Crippen LogP contribution in [-0.4, -0.2) is 27.0 Å². The zero-order valence-electron chi connectivity index (χ0n) is 9.72. The van der Waals surface area contributed by atoms with Gasteiger partial charge in [-0.25, -0.2) is 0 Å². The maximum atomic E-state index is 4.26. The molecule has 1 fully saturated rings. The van der Waals surface area contributed by atoms with Crippen molar-refractivity contribution in [1.82, 2.24) is 15.3 Å². The van der Waals surface area contributed by atoms with Crippen LogP contribution < -0.4 is 5.32 Å². The van der Waals surface area contributed by atoms with Crippen molar-refractivity contribution < 1.29 is 0 Å². The Kier molecular flexibility index (Phi) is 4.60. The SMILES string of the molecule is CCSC1CCC(NCc2cnccn2)C1. The van der Waals surface area contributed by atoms with Crippen LogP contribution in [0.4, 0.5) is 0 Å². The smallest absolute Gasteiger partial charge is 0.0724 e. The highest BCUT2D eigenvalue weighted by Crippen LogP contribution is 2.29. The van der Waals surface area contributed by atoms with Gasteiger partial charge in [0, 0.05) is 36.4 Å². The Morgan fingerprint density at radius 3 is 3.12 bits per heavy atom. The summed E-state index contributed by atoms with van der Waals surface area (Å²) in [6.07, 6.45) is 9.27. The van der Waals surface area contributed by atoms with Gasteiger partial charge in [-0.05, 0) is 25.0 Å². The number of aromatic nitrogens is 2. The summed E-state index contributed by atoms with van der Waals surface area (Å²) in [5, 5.41) is 4.44. The number of nitrogens with zero attached hydrogens (tertiary/aromatic N) is 2. The van der Waals surface area contributed by atoms with Crippen LogP contribution in [0.3, 0.4) is 0 Å². The van der Waals surface area contributed by atoms with E-state index in [-0.39, 0.29) is 0 Å². The third-order valence-corrected chi connectivity index (χ3v) is 4.21. The van der Waals surface area contributed by atoms with Crippen molar-refractivity contribution in [2.24, 2.45) is 0 Å². The van der Waals surface area contributed by atoms with Crippen LogP contribution in [0, 0.1) is 0 Å². The molecule has 1 aliphatic carbocycles. The van der Waals surface area contributed by atoms with E-state index in [4.69, 9.17) is 0 Å². The average molecular weight is 237 g/mol. The molecule has 4 heteroatoms. The molecule has 2 atom stereocenters. The zero-order valence-corrected chi connectivity index (χ0v) is 10.5. The molecule has 0 aliphatic heterocycles. The molecule has 0 saturated heterocycles. The number of nitrogens with one attached hydrogen (secondary N) is 1.